The summed E-state index contributed by atoms with van der Waals surface area (Å²) in [6.07, 6.45) is 14.3. The van der Waals surface area contributed by atoms with Crippen LogP contribution in [0.1, 0.15) is 81.6 Å². The average Bonchev–Trinajstić information content (AvgIpc) is 2.86. The predicted molar refractivity (Wildman–Crippen MR) is 90.3 cm³/mol. The minimum Gasteiger partial charge on any atom is -0.476 e. The van der Waals surface area contributed by atoms with Gasteiger partial charge in [-0.25, -0.2) is 9.18 Å². The Morgan fingerprint density at radius 1 is 1.09 bits per heavy atom. The van der Waals surface area contributed by atoms with Crippen molar-refractivity contribution in [2.75, 3.05) is 5.75 Å². The van der Waals surface area contributed by atoms with Crippen LogP contribution in [0.15, 0.2) is 11.1 Å². The Morgan fingerprint density at radius 3 is 2.14 bits per heavy atom. The third kappa shape index (κ3) is 7.34. The number of H-pyrrole nitrogens is 1. The number of rotatable bonds is 13. The van der Waals surface area contributed by atoms with Crippen molar-refractivity contribution in [3.8, 4) is 0 Å². The second kappa shape index (κ2) is 11.6. The van der Waals surface area contributed by atoms with Gasteiger partial charge in [-0.05, 0) is 12.2 Å². The first-order valence-corrected chi connectivity index (χ1v) is 9.38. The minimum atomic E-state index is -1.25. The molecule has 0 aliphatic carbocycles. The van der Waals surface area contributed by atoms with E-state index >= 15 is 0 Å². The van der Waals surface area contributed by atoms with E-state index in [1.165, 1.54) is 75.7 Å². The first kappa shape index (κ1) is 19.1. The van der Waals surface area contributed by atoms with Gasteiger partial charge in [-0.1, -0.05) is 64.7 Å². The molecule has 0 amide bonds. The van der Waals surface area contributed by atoms with E-state index in [4.69, 9.17) is 5.11 Å². The molecule has 0 aromatic carbocycles. The molecule has 0 bridgehead atoms. The molecule has 0 aliphatic rings. The standard InChI is InChI=1S/C17H28FNO2S/c1-2-3-4-5-6-7-8-9-10-11-12-22-14-13-19-16(15(14)18)17(20)21/h13,19H,2-12H2,1H3,(H,20,21). The Kier molecular flexibility index (Phi) is 10.0. The lowest BCUT2D eigenvalue weighted by molar-refractivity contribution is 0.0686. The maximum absolute atomic E-state index is 13.7. The van der Waals surface area contributed by atoms with Gasteiger partial charge in [0.1, 0.15) is 0 Å². The molecule has 1 heterocycles. The first-order valence-electron chi connectivity index (χ1n) is 8.39. The van der Waals surface area contributed by atoms with Crippen LogP contribution in [0, 0.1) is 5.82 Å². The second-order valence-electron chi connectivity index (χ2n) is 5.68. The molecule has 126 valence electrons. The summed E-state index contributed by atoms with van der Waals surface area (Å²) in [5.74, 6) is -1.04. The molecule has 0 fully saturated rings. The monoisotopic (exact) mass is 329 g/mol. The topological polar surface area (TPSA) is 53.1 Å². The van der Waals surface area contributed by atoms with Crippen LogP contribution < -0.4 is 0 Å². The Balaban J connectivity index is 1.99. The molecule has 1 rings (SSSR count). The number of aromatic carboxylic acids is 1. The van der Waals surface area contributed by atoms with E-state index in [-0.39, 0.29) is 5.69 Å². The fourth-order valence-electron chi connectivity index (χ4n) is 2.42. The van der Waals surface area contributed by atoms with Gasteiger partial charge in [-0.2, -0.15) is 0 Å². The van der Waals surface area contributed by atoms with Gasteiger partial charge in [0.05, 0.1) is 4.90 Å². The summed E-state index contributed by atoms with van der Waals surface area (Å²) >= 11 is 1.39. The average molecular weight is 329 g/mol. The summed E-state index contributed by atoms with van der Waals surface area (Å²) in [7, 11) is 0. The van der Waals surface area contributed by atoms with Crippen LogP contribution in [0.25, 0.3) is 0 Å². The number of hydrogen-bond donors (Lipinski definition) is 2. The van der Waals surface area contributed by atoms with Crippen LogP contribution in [-0.4, -0.2) is 21.8 Å². The van der Waals surface area contributed by atoms with Gasteiger partial charge >= 0.3 is 5.97 Å². The summed E-state index contributed by atoms with van der Waals surface area (Å²) in [6, 6.07) is 0. The van der Waals surface area contributed by atoms with Gasteiger partial charge in [0.2, 0.25) is 0 Å². The van der Waals surface area contributed by atoms with E-state index in [1.54, 1.807) is 0 Å². The number of aromatic nitrogens is 1. The van der Waals surface area contributed by atoms with Crippen molar-refractivity contribution in [1.82, 2.24) is 4.98 Å². The normalized spacial score (nSPS) is 11.0. The maximum atomic E-state index is 13.7. The molecule has 22 heavy (non-hydrogen) atoms. The van der Waals surface area contributed by atoms with E-state index in [2.05, 4.69) is 11.9 Å². The van der Waals surface area contributed by atoms with Gasteiger partial charge < -0.3 is 10.1 Å². The first-order chi connectivity index (χ1) is 10.7. The zero-order chi connectivity index (χ0) is 16.2. The van der Waals surface area contributed by atoms with Crippen LogP contribution >= 0.6 is 11.8 Å². The molecule has 0 atom stereocenters. The van der Waals surface area contributed by atoms with E-state index in [0.29, 0.717) is 4.90 Å². The molecule has 1 aromatic heterocycles. The fraction of sp³-hybridized carbons (Fsp3) is 0.706. The number of thioether (sulfide) groups is 1. The number of carboxylic acids is 1. The third-order valence-electron chi connectivity index (χ3n) is 3.75. The highest BCUT2D eigenvalue weighted by atomic mass is 32.2. The van der Waals surface area contributed by atoms with E-state index in [1.807, 2.05) is 0 Å². The molecule has 5 heteroatoms. The van der Waals surface area contributed by atoms with Crippen LogP contribution in [-0.2, 0) is 0 Å². The molecule has 2 N–H and O–H groups in total. The Bertz CT molecular complexity index is 434. The van der Waals surface area contributed by atoms with Crippen LogP contribution in [0.3, 0.4) is 0 Å². The molecule has 0 aliphatic heterocycles. The second-order valence-corrected chi connectivity index (χ2v) is 6.81. The highest BCUT2D eigenvalue weighted by Gasteiger charge is 2.16. The smallest absolute Gasteiger partial charge is 0.355 e. The quantitative estimate of drug-likeness (QED) is 0.352. The van der Waals surface area contributed by atoms with Gasteiger partial charge in [-0.15, -0.1) is 11.8 Å². The van der Waals surface area contributed by atoms with Crippen molar-refractivity contribution in [3.05, 3.63) is 17.7 Å². The van der Waals surface area contributed by atoms with Gasteiger partial charge in [0, 0.05) is 6.20 Å². The summed E-state index contributed by atoms with van der Waals surface area (Å²) in [6.45, 7) is 2.24. The fourth-order valence-corrected chi connectivity index (χ4v) is 3.36. The zero-order valence-electron chi connectivity index (χ0n) is 13.5. The van der Waals surface area contributed by atoms with Gasteiger partial charge in [0.15, 0.2) is 11.5 Å². The molecular weight excluding hydrogens is 301 g/mol. The number of aromatic amines is 1. The van der Waals surface area contributed by atoms with Crippen LogP contribution in [0.2, 0.25) is 0 Å². The van der Waals surface area contributed by atoms with Crippen LogP contribution in [0.5, 0.6) is 0 Å². The summed E-state index contributed by atoms with van der Waals surface area (Å²) < 4.78 is 13.7. The van der Waals surface area contributed by atoms with Crippen molar-refractivity contribution in [2.45, 2.75) is 76.0 Å². The van der Waals surface area contributed by atoms with Gasteiger partial charge in [0.25, 0.3) is 0 Å². The Morgan fingerprint density at radius 2 is 1.64 bits per heavy atom. The highest BCUT2D eigenvalue weighted by Crippen LogP contribution is 2.25. The molecule has 1 aromatic rings. The maximum Gasteiger partial charge on any atom is 0.355 e. The molecule has 0 spiro atoms. The zero-order valence-corrected chi connectivity index (χ0v) is 14.3. The third-order valence-corrected chi connectivity index (χ3v) is 4.85. The largest absolute Gasteiger partial charge is 0.476 e. The Labute approximate surface area is 137 Å². The molecule has 3 nitrogen and oxygen atoms in total. The lowest BCUT2D eigenvalue weighted by Gasteiger charge is -2.02. The summed E-state index contributed by atoms with van der Waals surface area (Å²) in [4.78, 5) is 13.6. The molecule has 0 saturated heterocycles. The summed E-state index contributed by atoms with van der Waals surface area (Å²) in [5.41, 5.74) is -0.342. The number of carboxylic acid groups (broad SMARTS) is 1. The predicted octanol–water partition coefficient (Wildman–Crippen LogP) is 5.87. The van der Waals surface area contributed by atoms with Crippen molar-refractivity contribution in [1.29, 1.82) is 0 Å². The minimum absolute atomic E-state index is 0.342. The molecule has 0 saturated carbocycles. The molecular formula is C17H28FNO2S. The van der Waals surface area contributed by atoms with E-state index in [0.717, 1.165) is 12.2 Å². The van der Waals surface area contributed by atoms with Crippen LogP contribution in [0.4, 0.5) is 4.39 Å². The molecule has 0 unspecified atom stereocenters. The Hall–Kier alpha value is -0.970. The SMILES string of the molecule is CCCCCCCCCCCCSc1c[nH]c(C(=O)O)c1F. The number of nitrogens with one attached hydrogen (secondary N) is 1. The van der Waals surface area contributed by atoms with Crippen molar-refractivity contribution in [2.24, 2.45) is 0 Å². The van der Waals surface area contributed by atoms with Crippen molar-refractivity contribution < 1.29 is 14.3 Å². The number of hydrogen-bond acceptors (Lipinski definition) is 2. The van der Waals surface area contributed by atoms with Crippen molar-refractivity contribution in [3.63, 3.8) is 0 Å². The molecule has 0 radical (unpaired) electrons. The van der Waals surface area contributed by atoms with E-state index < -0.39 is 11.8 Å². The van der Waals surface area contributed by atoms with Gasteiger partial charge in [-0.3, -0.25) is 0 Å². The number of halogens is 1. The van der Waals surface area contributed by atoms with Crippen molar-refractivity contribution >= 4 is 17.7 Å². The van der Waals surface area contributed by atoms with E-state index in [9.17, 15) is 9.18 Å². The highest BCUT2D eigenvalue weighted by molar-refractivity contribution is 7.99. The lowest BCUT2D eigenvalue weighted by atomic mass is 10.1. The lowest BCUT2D eigenvalue weighted by Crippen LogP contribution is -1.99. The number of unbranched alkanes of at least 4 members (excludes halogenated alkanes) is 9. The number of carbonyl (C=O) groups is 1. The summed E-state index contributed by atoms with van der Waals surface area (Å²) in [5, 5.41) is 8.76.